The maximum absolute atomic E-state index is 9.23. The molecule has 1 aliphatic heterocycles. The number of benzene rings is 1. The number of aliphatic hydroxyl groups excluding tert-OH is 1. The first-order chi connectivity index (χ1) is 9.17. The van der Waals surface area contributed by atoms with Gasteiger partial charge in [-0.05, 0) is 49.3 Å². The minimum Gasteiger partial charge on any atom is -0.394 e. The number of piperidine rings is 1. The first kappa shape index (κ1) is 14.4. The summed E-state index contributed by atoms with van der Waals surface area (Å²) >= 11 is 0. The summed E-state index contributed by atoms with van der Waals surface area (Å²) in [6.07, 6.45) is 4.95. The van der Waals surface area contributed by atoms with Crippen molar-refractivity contribution in [3.8, 4) is 0 Å². The molecular formula is C16H26N2O. The fourth-order valence-electron chi connectivity index (χ4n) is 3.04. The first-order valence-corrected chi connectivity index (χ1v) is 7.42. The summed E-state index contributed by atoms with van der Waals surface area (Å²) < 4.78 is 0. The van der Waals surface area contributed by atoms with Gasteiger partial charge in [0.15, 0.2) is 0 Å². The van der Waals surface area contributed by atoms with E-state index in [1.165, 1.54) is 49.2 Å². The molecule has 0 amide bonds. The van der Waals surface area contributed by atoms with Crippen LogP contribution in [-0.4, -0.2) is 24.8 Å². The average molecular weight is 262 g/mol. The maximum Gasteiger partial charge on any atom is 0.0624 e. The maximum atomic E-state index is 9.23. The highest BCUT2D eigenvalue weighted by atomic mass is 16.3. The number of aryl methyl sites for hydroxylation is 2. The first-order valence-electron chi connectivity index (χ1n) is 7.42. The summed E-state index contributed by atoms with van der Waals surface area (Å²) in [7, 11) is 0. The van der Waals surface area contributed by atoms with Crippen molar-refractivity contribution in [1.29, 1.82) is 0 Å². The molecule has 0 aromatic heterocycles. The van der Waals surface area contributed by atoms with Crippen molar-refractivity contribution in [2.75, 3.05) is 24.6 Å². The van der Waals surface area contributed by atoms with Gasteiger partial charge >= 0.3 is 0 Å². The van der Waals surface area contributed by atoms with Gasteiger partial charge in [0.25, 0.3) is 0 Å². The van der Waals surface area contributed by atoms with E-state index in [0.29, 0.717) is 0 Å². The Bertz CT molecular complexity index is 425. The second-order valence-corrected chi connectivity index (χ2v) is 5.54. The SMILES string of the molecule is CCc1cc([C@H](N)CO)cc(C)c1N1CCCCC1. The van der Waals surface area contributed by atoms with Gasteiger partial charge in [-0.25, -0.2) is 0 Å². The van der Waals surface area contributed by atoms with Crippen LogP contribution in [0.15, 0.2) is 12.1 Å². The van der Waals surface area contributed by atoms with E-state index in [1.54, 1.807) is 0 Å². The average Bonchev–Trinajstić information content (AvgIpc) is 2.46. The van der Waals surface area contributed by atoms with E-state index in [-0.39, 0.29) is 12.6 Å². The van der Waals surface area contributed by atoms with Crippen LogP contribution >= 0.6 is 0 Å². The Hall–Kier alpha value is -1.06. The third kappa shape index (κ3) is 3.10. The second kappa shape index (κ2) is 6.40. The molecule has 0 unspecified atom stereocenters. The van der Waals surface area contributed by atoms with Gasteiger partial charge in [-0.15, -0.1) is 0 Å². The Balaban J connectivity index is 2.37. The Kier molecular flexibility index (Phi) is 4.83. The fourth-order valence-corrected chi connectivity index (χ4v) is 3.04. The predicted molar refractivity (Wildman–Crippen MR) is 80.6 cm³/mol. The molecular weight excluding hydrogens is 236 g/mol. The van der Waals surface area contributed by atoms with Gasteiger partial charge in [0.05, 0.1) is 12.6 Å². The number of hydrogen-bond acceptors (Lipinski definition) is 3. The van der Waals surface area contributed by atoms with Gasteiger partial charge in [-0.1, -0.05) is 19.1 Å². The van der Waals surface area contributed by atoms with Crippen LogP contribution in [-0.2, 0) is 6.42 Å². The van der Waals surface area contributed by atoms with E-state index in [0.717, 1.165) is 12.0 Å². The summed E-state index contributed by atoms with van der Waals surface area (Å²) in [5.74, 6) is 0. The Labute approximate surface area is 116 Å². The topological polar surface area (TPSA) is 49.5 Å². The van der Waals surface area contributed by atoms with Crippen LogP contribution in [0.4, 0.5) is 5.69 Å². The van der Waals surface area contributed by atoms with Crippen LogP contribution in [0.1, 0.15) is 48.9 Å². The van der Waals surface area contributed by atoms with E-state index >= 15 is 0 Å². The van der Waals surface area contributed by atoms with Crippen LogP contribution < -0.4 is 10.6 Å². The zero-order valence-corrected chi connectivity index (χ0v) is 12.2. The third-order valence-electron chi connectivity index (χ3n) is 4.08. The molecule has 3 heteroatoms. The number of hydrogen-bond donors (Lipinski definition) is 2. The third-order valence-corrected chi connectivity index (χ3v) is 4.08. The highest BCUT2D eigenvalue weighted by Gasteiger charge is 2.18. The van der Waals surface area contributed by atoms with Crippen molar-refractivity contribution < 1.29 is 5.11 Å². The normalized spacial score (nSPS) is 17.6. The summed E-state index contributed by atoms with van der Waals surface area (Å²) in [5, 5.41) is 9.23. The van der Waals surface area contributed by atoms with Crippen molar-refractivity contribution >= 4 is 5.69 Å². The number of nitrogens with zero attached hydrogens (tertiary/aromatic N) is 1. The van der Waals surface area contributed by atoms with E-state index in [9.17, 15) is 5.11 Å². The van der Waals surface area contributed by atoms with Gasteiger partial charge in [-0.3, -0.25) is 0 Å². The predicted octanol–water partition coefficient (Wildman–Crippen LogP) is 2.54. The molecule has 106 valence electrons. The van der Waals surface area contributed by atoms with Crippen LogP contribution in [0.3, 0.4) is 0 Å². The smallest absolute Gasteiger partial charge is 0.0624 e. The van der Waals surface area contributed by atoms with E-state index < -0.39 is 0 Å². The number of anilines is 1. The van der Waals surface area contributed by atoms with Crippen molar-refractivity contribution in [2.24, 2.45) is 5.73 Å². The Morgan fingerprint density at radius 1 is 1.26 bits per heavy atom. The van der Waals surface area contributed by atoms with E-state index in [4.69, 9.17) is 5.73 Å². The zero-order valence-electron chi connectivity index (χ0n) is 12.2. The van der Waals surface area contributed by atoms with E-state index in [1.807, 2.05) is 0 Å². The van der Waals surface area contributed by atoms with Crippen LogP contribution in [0.5, 0.6) is 0 Å². The van der Waals surface area contributed by atoms with Gasteiger partial charge in [-0.2, -0.15) is 0 Å². The monoisotopic (exact) mass is 262 g/mol. The van der Waals surface area contributed by atoms with Crippen LogP contribution in [0, 0.1) is 6.92 Å². The highest BCUT2D eigenvalue weighted by Crippen LogP contribution is 2.31. The van der Waals surface area contributed by atoms with Crippen LogP contribution in [0.2, 0.25) is 0 Å². The summed E-state index contributed by atoms with van der Waals surface area (Å²) in [6, 6.07) is 4.06. The van der Waals surface area contributed by atoms with Gasteiger partial charge < -0.3 is 15.7 Å². The van der Waals surface area contributed by atoms with Gasteiger partial charge in [0.1, 0.15) is 0 Å². The molecule has 1 aliphatic rings. The summed E-state index contributed by atoms with van der Waals surface area (Å²) in [5.41, 5.74) is 11.1. The minimum atomic E-state index is -0.264. The lowest BCUT2D eigenvalue weighted by Crippen LogP contribution is -2.31. The molecule has 3 nitrogen and oxygen atoms in total. The molecule has 1 heterocycles. The van der Waals surface area contributed by atoms with Crippen molar-refractivity contribution in [3.05, 3.63) is 28.8 Å². The highest BCUT2D eigenvalue weighted by molar-refractivity contribution is 5.61. The molecule has 1 aromatic rings. The molecule has 1 aromatic carbocycles. The molecule has 0 bridgehead atoms. The van der Waals surface area contributed by atoms with Gasteiger partial charge in [0.2, 0.25) is 0 Å². The molecule has 0 radical (unpaired) electrons. The summed E-state index contributed by atoms with van der Waals surface area (Å²) in [4.78, 5) is 2.52. The molecule has 0 aliphatic carbocycles. The molecule has 1 atom stereocenters. The Morgan fingerprint density at radius 2 is 1.95 bits per heavy atom. The molecule has 2 rings (SSSR count). The fraction of sp³-hybridized carbons (Fsp3) is 0.625. The molecule has 0 saturated carbocycles. The lowest BCUT2D eigenvalue weighted by Gasteiger charge is -2.32. The Morgan fingerprint density at radius 3 is 2.53 bits per heavy atom. The molecule has 3 N–H and O–H groups in total. The lowest BCUT2D eigenvalue weighted by molar-refractivity contribution is 0.268. The second-order valence-electron chi connectivity index (χ2n) is 5.54. The van der Waals surface area contributed by atoms with Crippen LogP contribution in [0.25, 0.3) is 0 Å². The quantitative estimate of drug-likeness (QED) is 0.876. The number of rotatable bonds is 4. The summed E-state index contributed by atoms with van der Waals surface area (Å²) in [6.45, 7) is 6.69. The van der Waals surface area contributed by atoms with Crippen molar-refractivity contribution in [2.45, 2.75) is 45.6 Å². The van der Waals surface area contributed by atoms with Crippen molar-refractivity contribution in [3.63, 3.8) is 0 Å². The molecule has 0 spiro atoms. The number of aliphatic hydroxyl groups is 1. The minimum absolute atomic E-state index is 0.00561. The van der Waals surface area contributed by atoms with Crippen molar-refractivity contribution in [1.82, 2.24) is 0 Å². The largest absolute Gasteiger partial charge is 0.394 e. The molecule has 1 fully saturated rings. The molecule has 19 heavy (non-hydrogen) atoms. The molecule has 1 saturated heterocycles. The number of nitrogens with two attached hydrogens (primary N) is 1. The van der Waals surface area contributed by atoms with E-state index in [2.05, 4.69) is 30.9 Å². The standard InChI is InChI=1S/C16H26N2O/c1-3-13-10-14(15(17)11-19)9-12(2)16(13)18-7-5-4-6-8-18/h9-10,15,19H,3-8,11,17H2,1-2H3/t15-/m1/s1. The zero-order chi connectivity index (χ0) is 13.8. The lowest BCUT2D eigenvalue weighted by atomic mass is 9.96. The van der Waals surface area contributed by atoms with Gasteiger partial charge in [0, 0.05) is 18.8 Å².